The molecule has 0 fully saturated rings. The van der Waals surface area contributed by atoms with Gasteiger partial charge in [0.15, 0.2) is 0 Å². The van der Waals surface area contributed by atoms with Crippen LogP contribution in [-0.4, -0.2) is 11.6 Å². The summed E-state index contributed by atoms with van der Waals surface area (Å²) < 4.78 is 0.963. The molecule has 1 aliphatic heterocycles. The Kier molecular flexibility index (Phi) is 4.14. The highest BCUT2D eigenvalue weighted by atomic mass is 79.9. The third-order valence-electron chi connectivity index (χ3n) is 3.30. The first-order valence-corrected chi connectivity index (χ1v) is 7.85. The molecule has 0 N–H and O–H groups in total. The third kappa shape index (κ3) is 2.85. The van der Waals surface area contributed by atoms with Crippen LogP contribution in [-0.2, 0) is 4.79 Å². The van der Waals surface area contributed by atoms with Gasteiger partial charge in [-0.25, -0.2) is 0 Å². The number of halogens is 2. The van der Waals surface area contributed by atoms with Crippen molar-refractivity contribution in [3.63, 3.8) is 0 Å². The molecule has 5 heteroatoms. The summed E-state index contributed by atoms with van der Waals surface area (Å²) in [5, 5.41) is 6.18. The molecule has 1 aliphatic rings. The van der Waals surface area contributed by atoms with Crippen molar-refractivity contribution in [2.45, 2.75) is 6.92 Å². The number of nitrogens with zero attached hydrogens (tertiary/aromatic N) is 2. The highest BCUT2D eigenvalue weighted by Gasteiger charge is 2.29. The molecule has 0 unspecified atom stereocenters. The van der Waals surface area contributed by atoms with Crippen LogP contribution in [0.5, 0.6) is 0 Å². The fraction of sp³-hybridized carbons (Fsp3) is 0.0588. The Morgan fingerprint density at radius 2 is 1.95 bits per heavy atom. The average Bonchev–Trinajstić information content (AvgIpc) is 2.76. The summed E-state index contributed by atoms with van der Waals surface area (Å²) >= 11 is 9.58. The lowest BCUT2D eigenvalue weighted by Gasteiger charge is -2.13. The number of anilines is 1. The van der Waals surface area contributed by atoms with E-state index in [0.29, 0.717) is 22.0 Å². The summed E-state index contributed by atoms with van der Waals surface area (Å²) in [6.07, 6.45) is 1.84. The van der Waals surface area contributed by atoms with E-state index in [0.717, 1.165) is 10.0 Å². The van der Waals surface area contributed by atoms with E-state index in [-0.39, 0.29) is 5.91 Å². The van der Waals surface area contributed by atoms with Crippen LogP contribution in [0, 0.1) is 0 Å². The highest BCUT2D eigenvalue weighted by Crippen LogP contribution is 2.30. The number of hydrogen-bond acceptors (Lipinski definition) is 2. The van der Waals surface area contributed by atoms with Crippen molar-refractivity contribution >= 4 is 50.9 Å². The standard InChI is InChI=1S/C17H12BrClN2O/c1-11-14(10-12-5-4-6-13(18)9-12)17(22)21(20-11)16-8-3-2-7-15(16)19/h2-10H,1H3/b14-10+. The molecule has 2 aromatic rings. The second kappa shape index (κ2) is 6.07. The summed E-state index contributed by atoms with van der Waals surface area (Å²) in [5.41, 5.74) is 2.77. The Labute approximate surface area is 142 Å². The minimum Gasteiger partial charge on any atom is -0.267 e. The largest absolute Gasteiger partial charge is 0.280 e. The molecule has 3 rings (SSSR count). The molecule has 0 aromatic heterocycles. The van der Waals surface area contributed by atoms with E-state index in [1.54, 1.807) is 12.1 Å². The first kappa shape index (κ1) is 15.0. The smallest absolute Gasteiger partial charge is 0.267 e. The van der Waals surface area contributed by atoms with Crippen molar-refractivity contribution in [3.05, 3.63) is 69.2 Å². The van der Waals surface area contributed by atoms with Crippen LogP contribution in [0.25, 0.3) is 6.08 Å². The van der Waals surface area contributed by atoms with E-state index in [2.05, 4.69) is 21.0 Å². The summed E-state index contributed by atoms with van der Waals surface area (Å²) in [6, 6.07) is 14.9. The van der Waals surface area contributed by atoms with Gasteiger partial charge in [-0.3, -0.25) is 4.79 Å². The van der Waals surface area contributed by atoms with Crippen LogP contribution in [0.1, 0.15) is 12.5 Å². The zero-order valence-electron chi connectivity index (χ0n) is 11.8. The van der Waals surface area contributed by atoms with Crippen molar-refractivity contribution in [3.8, 4) is 0 Å². The lowest BCUT2D eigenvalue weighted by Crippen LogP contribution is -2.21. The van der Waals surface area contributed by atoms with E-state index in [1.807, 2.05) is 49.4 Å². The molecule has 110 valence electrons. The van der Waals surface area contributed by atoms with Gasteiger partial charge in [0, 0.05) is 4.47 Å². The summed E-state index contributed by atoms with van der Waals surface area (Å²) in [4.78, 5) is 12.6. The Hall–Kier alpha value is -1.91. The van der Waals surface area contributed by atoms with Crippen LogP contribution in [0.3, 0.4) is 0 Å². The molecule has 0 bridgehead atoms. The molecule has 0 aliphatic carbocycles. The van der Waals surface area contributed by atoms with E-state index in [1.165, 1.54) is 5.01 Å². The number of hydrazone groups is 1. The molecule has 22 heavy (non-hydrogen) atoms. The normalized spacial score (nSPS) is 16.3. The monoisotopic (exact) mass is 374 g/mol. The molecule has 0 radical (unpaired) electrons. The zero-order valence-corrected chi connectivity index (χ0v) is 14.1. The van der Waals surface area contributed by atoms with Crippen molar-refractivity contribution in [2.24, 2.45) is 5.10 Å². The van der Waals surface area contributed by atoms with Crippen molar-refractivity contribution in [1.82, 2.24) is 0 Å². The molecule has 1 amide bonds. The van der Waals surface area contributed by atoms with Gasteiger partial charge in [0.2, 0.25) is 0 Å². The third-order valence-corrected chi connectivity index (χ3v) is 4.12. The molecule has 0 saturated carbocycles. The van der Waals surface area contributed by atoms with Crippen LogP contribution >= 0.6 is 27.5 Å². The Morgan fingerprint density at radius 1 is 1.18 bits per heavy atom. The van der Waals surface area contributed by atoms with E-state index < -0.39 is 0 Å². The predicted octanol–water partition coefficient (Wildman–Crippen LogP) is 4.91. The van der Waals surface area contributed by atoms with Crippen LogP contribution in [0.4, 0.5) is 5.69 Å². The van der Waals surface area contributed by atoms with Crippen molar-refractivity contribution in [1.29, 1.82) is 0 Å². The van der Waals surface area contributed by atoms with Gasteiger partial charge in [0.05, 0.1) is 22.0 Å². The number of rotatable bonds is 2. The topological polar surface area (TPSA) is 32.7 Å². The van der Waals surface area contributed by atoms with Gasteiger partial charge >= 0.3 is 0 Å². The fourth-order valence-corrected chi connectivity index (χ4v) is 2.87. The summed E-state index contributed by atoms with van der Waals surface area (Å²) in [6.45, 7) is 1.82. The first-order valence-electron chi connectivity index (χ1n) is 6.68. The molecule has 0 spiro atoms. The van der Waals surface area contributed by atoms with Gasteiger partial charge in [-0.1, -0.05) is 51.8 Å². The Morgan fingerprint density at radius 3 is 2.68 bits per heavy atom. The van der Waals surface area contributed by atoms with Crippen LogP contribution in [0.2, 0.25) is 5.02 Å². The number of amides is 1. The van der Waals surface area contributed by atoms with Gasteiger partial charge in [0.1, 0.15) is 0 Å². The average molecular weight is 376 g/mol. The fourth-order valence-electron chi connectivity index (χ4n) is 2.23. The van der Waals surface area contributed by atoms with Gasteiger partial charge in [-0.15, -0.1) is 0 Å². The minimum atomic E-state index is -0.175. The SMILES string of the molecule is CC1=NN(c2ccccc2Cl)C(=O)/C1=C/c1cccc(Br)c1. The summed E-state index contributed by atoms with van der Waals surface area (Å²) in [5.74, 6) is -0.175. The minimum absolute atomic E-state index is 0.175. The number of hydrogen-bond donors (Lipinski definition) is 0. The second-order valence-corrected chi connectivity index (χ2v) is 6.19. The number of para-hydroxylation sites is 1. The van der Waals surface area contributed by atoms with E-state index in [4.69, 9.17) is 11.6 Å². The number of benzene rings is 2. The molecule has 0 saturated heterocycles. The van der Waals surface area contributed by atoms with Gasteiger partial charge in [0.25, 0.3) is 5.91 Å². The van der Waals surface area contributed by atoms with Crippen molar-refractivity contribution in [2.75, 3.05) is 5.01 Å². The molecule has 1 heterocycles. The molecule has 2 aromatic carbocycles. The van der Waals surface area contributed by atoms with Crippen LogP contribution in [0.15, 0.2) is 63.7 Å². The molecular weight excluding hydrogens is 364 g/mol. The lowest BCUT2D eigenvalue weighted by atomic mass is 10.1. The maximum Gasteiger partial charge on any atom is 0.280 e. The van der Waals surface area contributed by atoms with Gasteiger partial charge in [-0.2, -0.15) is 10.1 Å². The number of carbonyl (C=O) groups is 1. The maximum atomic E-state index is 12.6. The highest BCUT2D eigenvalue weighted by molar-refractivity contribution is 9.10. The van der Waals surface area contributed by atoms with Gasteiger partial charge < -0.3 is 0 Å². The first-order chi connectivity index (χ1) is 10.6. The van der Waals surface area contributed by atoms with Gasteiger partial charge in [-0.05, 0) is 42.8 Å². The Bertz CT molecular complexity index is 814. The maximum absolute atomic E-state index is 12.6. The quantitative estimate of drug-likeness (QED) is 0.687. The van der Waals surface area contributed by atoms with Crippen LogP contribution < -0.4 is 5.01 Å². The van der Waals surface area contributed by atoms with E-state index in [9.17, 15) is 4.79 Å². The second-order valence-electron chi connectivity index (χ2n) is 4.87. The predicted molar refractivity (Wildman–Crippen MR) is 94.2 cm³/mol. The van der Waals surface area contributed by atoms with E-state index >= 15 is 0 Å². The lowest BCUT2D eigenvalue weighted by molar-refractivity contribution is -0.114. The molecule has 0 atom stereocenters. The molecular formula is C17H12BrClN2O. The summed E-state index contributed by atoms with van der Waals surface area (Å²) in [7, 11) is 0. The van der Waals surface area contributed by atoms with Crippen molar-refractivity contribution < 1.29 is 4.79 Å². The Balaban J connectivity index is 1.99. The molecule has 3 nitrogen and oxygen atoms in total. The zero-order chi connectivity index (χ0) is 15.7. The number of carbonyl (C=O) groups excluding carboxylic acids is 1.